The normalized spacial score (nSPS) is 10.2. The first-order valence-electron chi connectivity index (χ1n) is 6.46. The van der Waals surface area contributed by atoms with Crippen LogP contribution in [0.25, 0.3) is 0 Å². The van der Waals surface area contributed by atoms with Crippen LogP contribution >= 0.6 is 11.6 Å². The summed E-state index contributed by atoms with van der Waals surface area (Å²) in [6, 6.07) is 5.43. The van der Waals surface area contributed by atoms with E-state index in [1.54, 1.807) is 0 Å². The van der Waals surface area contributed by atoms with E-state index in [0.29, 0.717) is 17.9 Å². The molecular weight excluding hydrogens is 360 g/mol. The number of nitro benzene ring substituents is 2. The second-order valence-corrected chi connectivity index (χ2v) is 4.97. The second-order valence-electron chi connectivity index (χ2n) is 4.56. The smallest absolute Gasteiger partial charge is 0.336 e. The summed E-state index contributed by atoms with van der Waals surface area (Å²) in [4.78, 5) is 31.5. The Labute approximate surface area is 144 Å². The molecule has 11 heteroatoms. The fraction of sp³-hybridized carbons (Fsp3) is 0.0714. The van der Waals surface area contributed by atoms with E-state index in [1.807, 2.05) is 0 Å². The van der Waals surface area contributed by atoms with Crippen LogP contribution < -0.4 is 9.47 Å². The van der Waals surface area contributed by atoms with Gasteiger partial charge in [-0.25, -0.2) is 4.79 Å². The van der Waals surface area contributed by atoms with E-state index in [1.165, 1.54) is 25.3 Å². The van der Waals surface area contributed by atoms with Gasteiger partial charge < -0.3 is 14.6 Å². The molecule has 25 heavy (non-hydrogen) atoms. The number of rotatable bonds is 6. The number of nitrogens with zero attached hydrogens (tertiary/aromatic N) is 2. The second kappa shape index (κ2) is 7.01. The van der Waals surface area contributed by atoms with Crippen LogP contribution in [-0.4, -0.2) is 28.0 Å². The minimum Gasteiger partial charge on any atom is -0.497 e. The molecule has 0 saturated carbocycles. The number of nitro groups is 2. The summed E-state index contributed by atoms with van der Waals surface area (Å²) in [5.41, 5.74) is -2.37. The maximum Gasteiger partial charge on any atom is 0.336 e. The SMILES string of the molecule is COc1ccc(Oc2c([N+](=O)[O-])cc(C(=O)O)cc2[N+](=O)[O-])c(Cl)c1. The fourth-order valence-electron chi connectivity index (χ4n) is 1.90. The fourth-order valence-corrected chi connectivity index (χ4v) is 2.11. The van der Waals surface area contributed by atoms with Crippen molar-refractivity contribution in [2.75, 3.05) is 7.11 Å². The first-order chi connectivity index (χ1) is 11.7. The van der Waals surface area contributed by atoms with Gasteiger partial charge in [-0.1, -0.05) is 11.6 Å². The largest absolute Gasteiger partial charge is 0.497 e. The van der Waals surface area contributed by atoms with E-state index >= 15 is 0 Å². The lowest BCUT2D eigenvalue weighted by Crippen LogP contribution is -2.04. The van der Waals surface area contributed by atoms with E-state index in [-0.39, 0.29) is 10.8 Å². The van der Waals surface area contributed by atoms with Crippen molar-refractivity contribution in [3.63, 3.8) is 0 Å². The van der Waals surface area contributed by atoms with E-state index in [9.17, 15) is 25.0 Å². The molecule has 0 heterocycles. The predicted molar refractivity (Wildman–Crippen MR) is 84.8 cm³/mol. The van der Waals surface area contributed by atoms with Gasteiger partial charge in [0.15, 0.2) is 0 Å². The van der Waals surface area contributed by atoms with Gasteiger partial charge in [-0.2, -0.15) is 0 Å². The number of hydrogen-bond donors (Lipinski definition) is 1. The summed E-state index contributed by atoms with van der Waals surface area (Å²) >= 11 is 5.96. The lowest BCUT2D eigenvalue weighted by Gasteiger charge is -2.10. The molecule has 10 nitrogen and oxygen atoms in total. The molecule has 0 atom stereocenters. The maximum atomic E-state index is 11.2. The van der Waals surface area contributed by atoms with E-state index in [4.69, 9.17) is 26.2 Å². The molecule has 2 rings (SSSR count). The van der Waals surface area contributed by atoms with Crippen molar-refractivity contribution in [2.45, 2.75) is 0 Å². The molecule has 0 fully saturated rings. The van der Waals surface area contributed by atoms with Gasteiger partial charge in [0.05, 0.1) is 27.5 Å². The number of benzene rings is 2. The Bertz CT molecular complexity index is 848. The van der Waals surface area contributed by atoms with Crippen molar-refractivity contribution in [3.05, 3.63) is 61.1 Å². The highest BCUT2D eigenvalue weighted by atomic mass is 35.5. The Hall–Kier alpha value is -3.40. The van der Waals surface area contributed by atoms with Crippen molar-refractivity contribution < 1.29 is 29.2 Å². The zero-order valence-electron chi connectivity index (χ0n) is 12.5. The molecule has 0 radical (unpaired) electrons. The first-order valence-corrected chi connectivity index (χ1v) is 6.84. The quantitative estimate of drug-likeness (QED) is 0.601. The van der Waals surface area contributed by atoms with Gasteiger partial charge in [-0.05, 0) is 12.1 Å². The van der Waals surface area contributed by atoms with Gasteiger partial charge in [0.1, 0.15) is 11.5 Å². The highest BCUT2D eigenvalue weighted by Crippen LogP contribution is 2.43. The summed E-state index contributed by atoms with van der Waals surface area (Å²) in [6.07, 6.45) is 0. The number of methoxy groups -OCH3 is 1. The zero-order chi connectivity index (χ0) is 18.7. The van der Waals surface area contributed by atoms with E-state index < -0.39 is 38.5 Å². The minimum absolute atomic E-state index is 0.00902. The molecular formula is C14H9ClN2O8. The Kier molecular flexibility index (Phi) is 5.03. The maximum absolute atomic E-state index is 11.2. The molecule has 2 aromatic rings. The average Bonchev–Trinajstić information content (AvgIpc) is 2.55. The van der Waals surface area contributed by atoms with Crippen LogP contribution in [0.15, 0.2) is 30.3 Å². The van der Waals surface area contributed by atoms with Gasteiger partial charge in [-0.15, -0.1) is 0 Å². The molecule has 1 N–H and O–H groups in total. The Balaban J connectivity index is 2.64. The minimum atomic E-state index is -1.56. The van der Waals surface area contributed by atoms with E-state index in [2.05, 4.69) is 0 Å². The van der Waals surface area contributed by atoms with Crippen molar-refractivity contribution in [1.29, 1.82) is 0 Å². The van der Waals surface area contributed by atoms with E-state index in [0.717, 1.165) is 0 Å². The highest BCUT2D eigenvalue weighted by molar-refractivity contribution is 6.32. The molecule has 0 amide bonds. The third kappa shape index (κ3) is 3.75. The summed E-state index contributed by atoms with van der Waals surface area (Å²) in [5.74, 6) is -2.01. The molecule has 0 aliphatic carbocycles. The zero-order valence-corrected chi connectivity index (χ0v) is 13.2. The molecule has 0 spiro atoms. The van der Waals surface area contributed by atoms with Crippen molar-refractivity contribution in [1.82, 2.24) is 0 Å². The van der Waals surface area contributed by atoms with Gasteiger partial charge in [-0.3, -0.25) is 20.2 Å². The van der Waals surface area contributed by atoms with Crippen LogP contribution in [-0.2, 0) is 0 Å². The Morgan fingerprint density at radius 2 is 1.68 bits per heavy atom. The number of carboxylic acids is 1. The standard InChI is InChI=1S/C14H9ClN2O8/c1-24-8-2-3-12(9(15)6-8)25-13-10(16(20)21)4-7(14(18)19)5-11(13)17(22)23/h2-6H,1H3,(H,18,19). The van der Waals surface area contributed by atoms with Crippen molar-refractivity contribution >= 4 is 28.9 Å². The van der Waals surface area contributed by atoms with Crippen LogP contribution in [0.1, 0.15) is 10.4 Å². The lowest BCUT2D eigenvalue weighted by atomic mass is 10.1. The summed E-state index contributed by atoms with van der Waals surface area (Å²) in [6.45, 7) is 0. The number of halogens is 1. The number of ether oxygens (including phenoxy) is 2. The number of hydrogen-bond acceptors (Lipinski definition) is 7. The van der Waals surface area contributed by atoms with Gasteiger partial charge in [0.2, 0.25) is 0 Å². The summed E-state index contributed by atoms with van der Waals surface area (Å²) < 4.78 is 10.2. The molecule has 0 aliphatic heterocycles. The van der Waals surface area contributed by atoms with Gasteiger partial charge in [0, 0.05) is 18.2 Å². The third-order valence-corrected chi connectivity index (χ3v) is 3.34. The molecule has 130 valence electrons. The predicted octanol–water partition coefficient (Wildman–Crippen LogP) is 3.66. The van der Waals surface area contributed by atoms with Crippen LogP contribution in [0.2, 0.25) is 5.02 Å². The topological polar surface area (TPSA) is 142 Å². The van der Waals surface area contributed by atoms with Gasteiger partial charge in [0.25, 0.3) is 5.75 Å². The molecule has 0 aromatic heterocycles. The molecule has 2 aromatic carbocycles. The van der Waals surface area contributed by atoms with Gasteiger partial charge >= 0.3 is 17.3 Å². The lowest BCUT2D eigenvalue weighted by molar-refractivity contribution is -0.395. The summed E-state index contributed by atoms with van der Waals surface area (Å²) in [7, 11) is 1.40. The Morgan fingerprint density at radius 1 is 1.12 bits per heavy atom. The first kappa shape index (κ1) is 17.9. The highest BCUT2D eigenvalue weighted by Gasteiger charge is 2.31. The number of carboxylic acid groups (broad SMARTS) is 1. The van der Waals surface area contributed by atoms with Crippen LogP contribution in [0, 0.1) is 20.2 Å². The average molecular weight is 369 g/mol. The molecule has 0 unspecified atom stereocenters. The van der Waals surface area contributed by atoms with Crippen LogP contribution in [0.3, 0.4) is 0 Å². The van der Waals surface area contributed by atoms with Crippen molar-refractivity contribution in [3.8, 4) is 17.2 Å². The molecule has 0 bridgehead atoms. The number of carbonyl (C=O) groups is 1. The summed E-state index contributed by atoms with van der Waals surface area (Å²) in [5, 5.41) is 31.4. The van der Waals surface area contributed by atoms with Crippen LogP contribution in [0.4, 0.5) is 11.4 Å². The number of aromatic carboxylic acids is 1. The third-order valence-electron chi connectivity index (χ3n) is 3.04. The van der Waals surface area contributed by atoms with Crippen LogP contribution in [0.5, 0.6) is 17.2 Å². The molecule has 0 aliphatic rings. The Morgan fingerprint density at radius 3 is 2.08 bits per heavy atom. The molecule has 0 saturated heterocycles. The monoisotopic (exact) mass is 368 g/mol. The van der Waals surface area contributed by atoms with Crippen molar-refractivity contribution in [2.24, 2.45) is 0 Å².